The fraction of sp³-hybridized carbons (Fsp3) is 0.0303. The minimum absolute atomic E-state index is 0.932. The Bertz CT molecular complexity index is 3650. The number of rotatable bonds is 11. The Labute approximate surface area is 453 Å². The molecule has 73 heavy (non-hydrogen) atoms. The van der Waals surface area contributed by atoms with Gasteiger partial charge < -0.3 is 14.7 Å². The second-order valence-corrected chi connectivity index (χ2v) is 20.8. The van der Waals surface area contributed by atoms with Crippen molar-refractivity contribution in [3.63, 3.8) is 0 Å². The topological polar surface area (TPSA) is 9.72 Å². The highest BCUT2D eigenvalue weighted by atomic mass is 79.9. The molecule has 0 amide bonds. The van der Waals surface area contributed by atoms with Gasteiger partial charge in [0.25, 0.3) is 0 Å². The van der Waals surface area contributed by atoms with Crippen molar-refractivity contribution in [2.24, 2.45) is 0 Å². The zero-order valence-corrected chi connectivity index (χ0v) is 45.0. The molecular formula is C66H51Br2N3S2. The third-order valence-corrected chi connectivity index (χ3v) is 15.8. The van der Waals surface area contributed by atoms with E-state index in [-0.39, 0.29) is 0 Å². The maximum atomic E-state index is 3.78. The van der Waals surface area contributed by atoms with E-state index in [9.17, 15) is 0 Å². The fourth-order valence-corrected chi connectivity index (χ4v) is 11.5. The molecule has 12 aromatic rings. The van der Waals surface area contributed by atoms with Gasteiger partial charge >= 0.3 is 0 Å². The predicted octanol–water partition coefficient (Wildman–Crippen LogP) is 21.3. The number of nitrogens with zero attached hydrogens (tertiary/aromatic N) is 3. The third-order valence-electron chi connectivity index (χ3n) is 12.4. The van der Waals surface area contributed by atoms with Crippen molar-refractivity contribution >= 4 is 126 Å². The summed E-state index contributed by atoms with van der Waals surface area (Å²) in [5, 5.41) is 7.06. The standard InChI is InChI=1S/C32H23BrN2S.C27H21NS.C7H7Br/c33-29-19-8-9-20-30(29)34(24-12-3-1-4-13-24)26-16-11-17-27(22-26)35(25-14-5-2-6-15-25)31-23-36-32-21-10-7-18-28(31)32;1-3-10-21(11-4-1)18-22-12-9-15-24(19-22)28(23-13-5-2-6-14-23)26-20-29-27-17-8-7-16-25(26)27;1-6-4-2-3-5-7(6)8/h1-23H;1-17,19-20H,18H2;2-5H,1H3. The Balaban J connectivity index is 0.000000148. The van der Waals surface area contributed by atoms with Gasteiger partial charge in [-0.2, -0.15) is 0 Å². The molecule has 0 aliphatic rings. The number of anilines is 9. The normalized spacial score (nSPS) is 10.7. The summed E-state index contributed by atoms with van der Waals surface area (Å²) in [6, 6.07) is 93.8. The maximum Gasteiger partial charge on any atom is 0.0647 e. The van der Waals surface area contributed by atoms with Gasteiger partial charge in [0, 0.05) is 74.0 Å². The second kappa shape index (κ2) is 23.8. The SMILES string of the molecule is Brc1ccccc1N(c1ccccc1)c1cccc(N(c2ccccc2)c2csc3ccccc23)c1.Cc1ccccc1Br.c1ccc(Cc2cccc(N(c3ccccc3)c3csc4ccccc34)c2)cc1. The van der Waals surface area contributed by atoms with Crippen LogP contribution in [0.15, 0.2) is 287 Å². The molecule has 0 radical (unpaired) electrons. The van der Waals surface area contributed by atoms with E-state index in [1.54, 1.807) is 22.7 Å². The molecule has 2 aromatic heterocycles. The Morgan fingerprint density at radius 1 is 0.315 bits per heavy atom. The molecule has 0 spiro atoms. The van der Waals surface area contributed by atoms with Crippen molar-refractivity contribution in [2.75, 3.05) is 14.7 Å². The van der Waals surface area contributed by atoms with Crippen molar-refractivity contribution < 1.29 is 0 Å². The summed E-state index contributed by atoms with van der Waals surface area (Å²) in [5.41, 5.74) is 14.2. The van der Waals surface area contributed by atoms with Crippen LogP contribution in [-0.4, -0.2) is 0 Å². The van der Waals surface area contributed by atoms with Gasteiger partial charge in [-0.1, -0.05) is 186 Å². The van der Waals surface area contributed by atoms with Crippen LogP contribution in [0.5, 0.6) is 0 Å². The molecule has 0 unspecified atom stereocenters. The Morgan fingerprint density at radius 2 is 0.685 bits per heavy atom. The molecule has 12 rings (SSSR count). The van der Waals surface area contributed by atoms with E-state index in [2.05, 4.69) is 307 Å². The molecule has 10 aromatic carbocycles. The molecule has 0 fully saturated rings. The Kier molecular flexibility index (Phi) is 16.0. The van der Waals surface area contributed by atoms with E-state index in [0.717, 1.165) is 39.3 Å². The van der Waals surface area contributed by atoms with E-state index < -0.39 is 0 Å². The summed E-state index contributed by atoms with van der Waals surface area (Å²) in [6.07, 6.45) is 0.932. The lowest BCUT2D eigenvalue weighted by molar-refractivity contribution is 1.18. The summed E-state index contributed by atoms with van der Waals surface area (Å²) in [6.45, 7) is 2.07. The smallest absolute Gasteiger partial charge is 0.0647 e. The quantitative estimate of drug-likeness (QED) is 0.128. The van der Waals surface area contributed by atoms with E-state index in [1.165, 1.54) is 64.1 Å². The molecular weight excluding hydrogens is 1060 g/mol. The molecule has 0 bridgehead atoms. The molecule has 0 saturated carbocycles. The Morgan fingerprint density at radius 3 is 1.16 bits per heavy atom. The maximum absolute atomic E-state index is 3.78. The first-order chi connectivity index (χ1) is 36.0. The summed E-state index contributed by atoms with van der Waals surface area (Å²) in [4.78, 5) is 7.02. The Hall–Kier alpha value is -7.52. The van der Waals surface area contributed by atoms with Gasteiger partial charge in [-0.05, 0) is 143 Å². The lowest BCUT2D eigenvalue weighted by atomic mass is 10.0. The number of hydrogen-bond acceptors (Lipinski definition) is 5. The monoisotopic (exact) mass is 1110 g/mol. The molecule has 0 aliphatic carbocycles. The third kappa shape index (κ3) is 11.7. The summed E-state index contributed by atoms with van der Waals surface area (Å²) < 4.78 is 4.82. The molecule has 0 saturated heterocycles. The minimum Gasteiger partial charge on any atom is -0.309 e. The summed E-state index contributed by atoms with van der Waals surface area (Å²) in [7, 11) is 0. The van der Waals surface area contributed by atoms with E-state index in [4.69, 9.17) is 0 Å². The minimum atomic E-state index is 0.932. The number of fused-ring (bicyclic) bond motifs is 2. The number of aryl methyl sites for hydroxylation is 1. The van der Waals surface area contributed by atoms with Gasteiger partial charge in [0.2, 0.25) is 0 Å². The number of halogens is 2. The van der Waals surface area contributed by atoms with Gasteiger partial charge in [0.15, 0.2) is 0 Å². The van der Waals surface area contributed by atoms with Crippen LogP contribution in [-0.2, 0) is 6.42 Å². The van der Waals surface area contributed by atoms with Gasteiger partial charge in [0.05, 0.1) is 17.1 Å². The highest BCUT2D eigenvalue weighted by Gasteiger charge is 2.21. The number of thiophene rings is 2. The highest BCUT2D eigenvalue weighted by Crippen LogP contribution is 2.46. The van der Waals surface area contributed by atoms with Crippen molar-refractivity contribution in [3.8, 4) is 0 Å². The summed E-state index contributed by atoms with van der Waals surface area (Å²) >= 11 is 10.8. The van der Waals surface area contributed by atoms with Crippen molar-refractivity contribution in [3.05, 3.63) is 303 Å². The lowest BCUT2D eigenvalue weighted by Crippen LogP contribution is -2.13. The van der Waals surface area contributed by atoms with Crippen LogP contribution >= 0.6 is 54.5 Å². The largest absolute Gasteiger partial charge is 0.309 e. The van der Waals surface area contributed by atoms with Crippen LogP contribution in [0.2, 0.25) is 0 Å². The van der Waals surface area contributed by atoms with Gasteiger partial charge in [-0.15, -0.1) is 22.7 Å². The van der Waals surface area contributed by atoms with Gasteiger partial charge in [0.1, 0.15) is 0 Å². The zero-order chi connectivity index (χ0) is 49.8. The average Bonchev–Trinajstić information content (AvgIpc) is 4.07. The number of benzene rings is 10. The first-order valence-electron chi connectivity index (χ1n) is 24.1. The van der Waals surface area contributed by atoms with E-state index >= 15 is 0 Å². The van der Waals surface area contributed by atoms with Crippen LogP contribution in [0.4, 0.5) is 51.2 Å². The highest BCUT2D eigenvalue weighted by molar-refractivity contribution is 9.11. The van der Waals surface area contributed by atoms with Crippen LogP contribution < -0.4 is 14.7 Å². The number of hydrogen-bond donors (Lipinski definition) is 0. The van der Waals surface area contributed by atoms with E-state index in [1.807, 2.05) is 24.3 Å². The second-order valence-electron chi connectivity index (χ2n) is 17.3. The van der Waals surface area contributed by atoms with Crippen LogP contribution in [0, 0.1) is 6.92 Å². The molecule has 0 N–H and O–H groups in total. The lowest BCUT2D eigenvalue weighted by Gasteiger charge is -2.29. The average molecular weight is 1110 g/mol. The van der Waals surface area contributed by atoms with Gasteiger partial charge in [-0.3, -0.25) is 0 Å². The first kappa shape index (κ1) is 49.1. The molecule has 0 aliphatic heterocycles. The molecule has 356 valence electrons. The number of para-hydroxylation sites is 4. The fourth-order valence-electron chi connectivity index (χ4n) is 8.88. The van der Waals surface area contributed by atoms with E-state index in [0.29, 0.717) is 0 Å². The van der Waals surface area contributed by atoms with Gasteiger partial charge in [-0.25, -0.2) is 0 Å². The van der Waals surface area contributed by atoms with Crippen molar-refractivity contribution in [2.45, 2.75) is 13.3 Å². The molecule has 3 nitrogen and oxygen atoms in total. The molecule has 7 heteroatoms. The van der Waals surface area contributed by atoms with Crippen molar-refractivity contribution in [1.82, 2.24) is 0 Å². The summed E-state index contributed by atoms with van der Waals surface area (Å²) in [5.74, 6) is 0. The zero-order valence-electron chi connectivity index (χ0n) is 40.2. The molecule has 2 heterocycles. The van der Waals surface area contributed by atoms with Crippen LogP contribution in [0.3, 0.4) is 0 Å². The molecule has 0 atom stereocenters. The van der Waals surface area contributed by atoms with Crippen LogP contribution in [0.25, 0.3) is 20.2 Å². The first-order valence-corrected chi connectivity index (χ1v) is 27.5. The predicted molar refractivity (Wildman–Crippen MR) is 324 cm³/mol. The van der Waals surface area contributed by atoms with Crippen LogP contribution in [0.1, 0.15) is 16.7 Å². The van der Waals surface area contributed by atoms with Crippen molar-refractivity contribution in [1.29, 1.82) is 0 Å².